The van der Waals surface area contributed by atoms with Crippen LogP contribution in [0.25, 0.3) is 0 Å². The Morgan fingerprint density at radius 1 is 1.19 bits per heavy atom. The van der Waals surface area contributed by atoms with E-state index in [2.05, 4.69) is 22.5 Å². The number of hydrogen-bond donors (Lipinski definition) is 2. The van der Waals surface area contributed by atoms with Gasteiger partial charge in [0.15, 0.2) is 5.96 Å². The number of anilines is 1. The molecular formula is C16H27FN4. The molecule has 1 rings (SSSR count). The summed E-state index contributed by atoms with van der Waals surface area (Å²) in [6.07, 6.45) is 1.04. The van der Waals surface area contributed by atoms with Crippen LogP contribution in [0.4, 0.5) is 10.1 Å². The zero-order valence-electron chi connectivity index (χ0n) is 13.5. The van der Waals surface area contributed by atoms with Crippen molar-refractivity contribution in [3.8, 4) is 0 Å². The molecule has 0 heterocycles. The lowest BCUT2D eigenvalue weighted by molar-refractivity contribution is 0.617. The van der Waals surface area contributed by atoms with Crippen LogP contribution in [0.5, 0.6) is 0 Å². The lowest BCUT2D eigenvalue weighted by Crippen LogP contribution is -2.37. The summed E-state index contributed by atoms with van der Waals surface area (Å²) < 4.78 is 14.2. The topological polar surface area (TPSA) is 39.7 Å². The Bertz CT molecular complexity index is 456. The standard InChI is InChI=1S/C16H27FN4/c1-5-10-19-16(18-4)20-12-13-8-9-15(14(17)11-13)21(6-2)7-3/h8-9,11H,5-7,10,12H2,1-4H3,(H2,18,19,20). The van der Waals surface area contributed by atoms with Crippen LogP contribution >= 0.6 is 0 Å². The minimum Gasteiger partial charge on any atom is -0.370 e. The van der Waals surface area contributed by atoms with E-state index in [0.717, 1.165) is 37.6 Å². The quantitative estimate of drug-likeness (QED) is 0.600. The molecular weight excluding hydrogens is 267 g/mol. The molecule has 0 bridgehead atoms. The van der Waals surface area contributed by atoms with Crippen molar-refractivity contribution in [1.82, 2.24) is 10.6 Å². The normalized spacial score (nSPS) is 11.4. The summed E-state index contributed by atoms with van der Waals surface area (Å²) in [5, 5.41) is 6.37. The Kier molecular flexibility index (Phi) is 7.58. The highest BCUT2D eigenvalue weighted by Crippen LogP contribution is 2.20. The summed E-state index contributed by atoms with van der Waals surface area (Å²) >= 11 is 0. The lowest BCUT2D eigenvalue weighted by Gasteiger charge is -2.22. The van der Waals surface area contributed by atoms with E-state index in [1.165, 1.54) is 0 Å². The number of nitrogens with zero attached hydrogens (tertiary/aromatic N) is 2. The highest BCUT2D eigenvalue weighted by Gasteiger charge is 2.09. The minimum absolute atomic E-state index is 0.172. The lowest BCUT2D eigenvalue weighted by atomic mass is 10.2. The molecule has 118 valence electrons. The van der Waals surface area contributed by atoms with Crippen LogP contribution in [0.3, 0.4) is 0 Å². The van der Waals surface area contributed by atoms with Gasteiger partial charge < -0.3 is 15.5 Å². The Balaban J connectivity index is 2.67. The second-order valence-electron chi connectivity index (χ2n) is 4.81. The molecule has 0 saturated carbocycles. The Labute approximate surface area is 127 Å². The molecule has 0 saturated heterocycles. The summed E-state index contributed by atoms with van der Waals surface area (Å²) in [6.45, 7) is 9.19. The van der Waals surface area contributed by atoms with Gasteiger partial charge in [0, 0.05) is 33.2 Å². The number of nitrogens with one attached hydrogen (secondary N) is 2. The molecule has 0 aliphatic heterocycles. The second-order valence-corrected chi connectivity index (χ2v) is 4.81. The number of aliphatic imine (C=N–C) groups is 1. The molecule has 0 unspecified atom stereocenters. The molecule has 1 aromatic carbocycles. The van der Waals surface area contributed by atoms with E-state index in [1.807, 2.05) is 30.9 Å². The molecule has 0 atom stereocenters. The molecule has 5 heteroatoms. The van der Waals surface area contributed by atoms with Gasteiger partial charge in [0.1, 0.15) is 5.82 Å². The first kappa shape index (κ1) is 17.3. The minimum atomic E-state index is -0.172. The molecule has 1 aromatic rings. The van der Waals surface area contributed by atoms with Crippen molar-refractivity contribution in [1.29, 1.82) is 0 Å². The van der Waals surface area contributed by atoms with Crippen LogP contribution in [0, 0.1) is 5.82 Å². The van der Waals surface area contributed by atoms with Crippen LogP contribution in [-0.2, 0) is 6.54 Å². The Morgan fingerprint density at radius 2 is 1.90 bits per heavy atom. The van der Waals surface area contributed by atoms with E-state index in [4.69, 9.17) is 0 Å². The van der Waals surface area contributed by atoms with E-state index in [9.17, 15) is 4.39 Å². The van der Waals surface area contributed by atoms with Crippen LogP contribution < -0.4 is 15.5 Å². The third-order valence-electron chi connectivity index (χ3n) is 3.34. The van der Waals surface area contributed by atoms with Crippen LogP contribution in [0.15, 0.2) is 23.2 Å². The number of hydrogen-bond acceptors (Lipinski definition) is 2. The van der Waals surface area contributed by atoms with Gasteiger partial charge in [-0.15, -0.1) is 0 Å². The third-order valence-corrected chi connectivity index (χ3v) is 3.34. The molecule has 2 N–H and O–H groups in total. The highest BCUT2D eigenvalue weighted by atomic mass is 19.1. The summed E-state index contributed by atoms with van der Waals surface area (Å²) in [4.78, 5) is 6.14. The van der Waals surface area contributed by atoms with Gasteiger partial charge in [-0.1, -0.05) is 13.0 Å². The maximum absolute atomic E-state index is 14.2. The smallest absolute Gasteiger partial charge is 0.191 e. The molecule has 4 nitrogen and oxygen atoms in total. The number of rotatable bonds is 7. The van der Waals surface area contributed by atoms with Crippen LogP contribution in [0.1, 0.15) is 32.8 Å². The van der Waals surface area contributed by atoms with E-state index in [1.54, 1.807) is 13.1 Å². The van der Waals surface area contributed by atoms with Crippen molar-refractivity contribution < 1.29 is 4.39 Å². The van der Waals surface area contributed by atoms with Gasteiger partial charge in [0.05, 0.1) is 5.69 Å². The van der Waals surface area contributed by atoms with Crippen molar-refractivity contribution in [2.75, 3.05) is 31.6 Å². The molecule has 0 aromatic heterocycles. The van der Waals surface area contributed by atoms with Crippen molar-refractivity contribution in [2.24, 2.45) is 4.99 Å². The van der Waals surface area contributed by atoms with Crippen molar-refractivity contribution in [2.45, 2.75) is 33.7 Å². The van der Waals surface area contributed by atoms with Gasteiger partial charge in [-0.3, -0.25) is 4.99 Å². The molecule has 0 radical (unpaired) electrons. The van der Waals surface area contributed by atoms with E-state index >= 15 is 0 Å². The summed E-state index contributed by atoms with van der Waals surface area (Å²) in [5.74, 6) is 0.569. The highest BCUT2D eigenvalue weighted by molar-refractivity contribution is 5.79. The second kappa shape index (κ2) is 9.21. The first-order valence-electron chi connectivity index (χ1n) is 7.64. The molecule has 0 amide bonds. The monoisotopic (exact) mass is 294 g/mol. The van der Waals surface area contributed by atoms with Gasteiger partial charge in [0.2, 0.25) is 0 Å². The number of halogens is 1. The summed E-state index contributed by atoms with van der Waals surface area (Å²) in [6, 6.07) is 5.40. The van der Waals surface area contributed by atoms with Crippen molar-refractivity contribution in [3.63, 3.8) is 0 Å². The molecule has 0 fully saturated rings. The van der Waals surface area contributed by atoms with Gasteiger partial charge in [-0.05, 0) is 38.0 Å². The van der Waals surface area contributed by atoms with Gasteiger partial charge >= 0.3 is 0 Å². The molecule has 0 spiro atoms. The average molecular weight is 294 g/mol. The SMILES string of the molecule is CCCNC(=NC)NCc1ccc(N(CC)CC)c(F)c1. The van der Waals surface area contributed by atoms with E-state index in [-0.39, 0.29) is 5.82 Å². The van der Waals surface area contributed by atoms with E-state index < -0.39 is 0 Å². The summed E-state index contributed by atoms with van der Waals surface area (Å²) in [5.41, 5.74) is 1.57. The van der Waals surface area contributed by atoms with Crippen LogP contribution in [0.2, 0.25) is 0 Å². The van der Waals surface area contributed by atoms with Gasteiger partial charge in [-0.25, -0.2) is 4.39 Å². The number of guanidine groups is 1. The first-order chi connectivity index (χ1) is 10.2. The number of benzene rings is 1. The zero-order chi connectivity index (χ0) is 15.7. The summed E-state index contributed by atoms with van der Waals surface area (Å²) in [7, 11) is 1.73. The predicted octanol–water partition coefficient (Wildman–Crippen LogP) is 2.75. The Hall–Kier alpha value is -1.78. The largest absolute Gasteiger partial charge is 0.370 e. The molecule has 0 aliphatic rings. The van der Waals surface area contributed by atoms with Crippen molar-refractivity contribution in [3.05, 3.63) is 29.6 Å². The maximum atomic E-state index is 14.2. The fraction of sp³-hybridized carbons (Fsp3) is 0.562. The third kappa shape index (κ3) is 5.25. The van der Waals surface area contributed by atoms with Crippen LogP contribution in [-0.4, -0.2) is 32.6 Å². The fourth-order valence-corrected chi connectivity index (χ4v) is 2.13. The first-order valence-corrected chi connectivity index (χ1v) is 7.64. The van der Waals surface area contributed by atoms with Gasteiger partial charge in [0.25, 0.3) is 0 Å². The van der Waals surface area contributed by atoms with E-state index in [0.29, 0.717) is 12.2 Å². The molecule has 21 heavy (non-hydrogen) atoms. The average Bonchev–Trinajstić information content (AvgIpc) is 2.50. The van der Waals surface area contributed by atoms with Crippen molar-refractivity contribution >= 4 is 11.6 Å². The maximum Gasteiger partial charge on any atom is 0.191 e. The molecule has 0 aliphatic carbocycles. The predicted molar refractivity (Wildman–Crippen MR) is 88.5 cm³/mol. The van der Waals surface area contributed by atoms with Gasteiger partial charge in [-0.2, -0.15) is 0 Å². The zero-order valence-corrected chi connectivity index (χ0v) is 13.5. The fourth-order valence-electron chi connectivity index (χ4n) is 2.13. The Morgan fingerprint density at radius 3 is 2.43 bits per heavy atom.